The number of nitrogens with two attached hydrogens (primary N) is 1. The summed E-state index contributed by atoms with van der Waals surface area (Å²) >= 11 is 0. The lowest BCUT2D eigenvalue weighted by Gasteiger charge is -2.22. The van der Waals surface area contributed by atoms with Crippen molar-refractivity contribution < 1.29 is 23.0 Å². The van der Waals surface area contributed by atoms with Gasteiger partial charge >= 0.3 is 6.16 Å². The Morgan fingerprint density at radius 3 is 2.68 bits per heavy atom. The van der Waals surface area contributed by atoms with Crippen LogP contribution in [0.2, 0.25) is 0 Å². The standard InChI is InChI=1S/C19H21F2N3O4/c1-2-27-19(26)28-14-9-24(11-3-4-11)16-12(18(14)25)7-13(20)17(15(16)21)23-6-5-10(22)8-23/h7,9-11H,2-6,8,22H2,1H3/t10-/m0/s1. The van der Waals surface area contributed by atoms with Crippen LogP contribution in [0.4, 0.5) is 19.3 Å². The van der Waals surface area contributed by atoms with Crippen LogP contribution in [0.5, 0.6) is 5.75 Å². The molecule has 2 heterocycles. The molecule has 0 unspecified atom stereocenters. The first-order valence-electron chi connectivity index (χ1n) is 9.32. The lowest BCUT2D eigenvalue weighted by Crippen LogP contribution is -2.28. The zero-order chi connectivity index (χ0) is 20.0. The summed E-state index contributed by atoms with van der Waals surface area (Å²) in [5, 5.41) is -0.170. The summed E-state index contributed by atoms with van der Waals surface area (Å²) in [5.74, 6) is -1.95. The molecule has 7 nitrogen and oxygen atoms in total. The van der Waals surface area contributed by atoms with E-state index in [9.17, 15) is 14.0 Å². The Morgan fingerprint density at radius 2 is 2.07 bits per heavy atom. The lowest BCUT2D eigenvalue weighted by atomic mass is 10.1. The highest BCUT2D eigenvalue weighted by Crippen LogP contribution is 2.40. The SMILES string of the molecule is CCOC(=O)Oc1cn(C2CC2)c2c(F)c(N3CC[C@H](N)C3)c(F)cc2c1=O. The van der Waals surface area contributed by atoms with Crippen molar-refractivity contribution in [1.82, 2.24) is 4.57 Å². The smallest absolute Gasteiger partial charge is 0.434 e. The normalized spacial score (nSPS) is 19.3. The summed E-state index contributed by atoms with van der Waals surface area (Å²) in [6, 6.07) is 0.818. The predicted octanol–water partition coefficient (Wildman–Crippen LogP) is 2.69. The van der Waals surface area contributed by atoms with Gasteiger partial charge in [0.15, 0.2) is 11.6 Å². The largest absolute Gasteiger partial charge is 0.514 e. The second kappa shape index (κ2) is 7.05. The molecule has 2 N–H and O–H groups in total. The molecule has 9 heteroatoms. The van der Waals surface area contributed by atoms with E-state index in [1.54, 1.807) is 16.4 Å². The van der Waals surface area contributed by atoms with Crippen LogP contribution < -0.4 is 20.8 Å². The van der Waals surface area contributed by atoms with E-state index in [2.05, 4.69) is 0 Å². The Labute approximate surface area is 159 Å². The van der Waals surface area contributed by atoms with Crippen molar-refractivity contribution in [3.63, 3.8) is 0 Å². The van der Waals surface area contributed by atoms with Crippen LogP contribution in [0.25, 0.3) is 10.9 Å². The molecule has 1 aromatic heterocycles. The topological polar surface area (TPSA) is 86.8 Å². The third-order valence-electron chi connectivity index (χ3n) is 5.09. The molecular weight excluding hydrogens is 372 g/mol. The number of benzene rings is 1. The molecule has 1 aromatic carbocycles. The number of hydrogen-bond acceptors (Lipinski definition) is 6. The van der Waals surface area contributed by atoms with E-state index in [4.69, 9.17) is 15.2 Å². The maximum atomic E-state index is 15.4. The summed E-state index contributed by atoms with van der Waals surface area (Å²) in [4.78, 5) is 25.9. The maximum absolute atomic E-state index is 15.4. The first-order valence-corrected chi connectivity index (χ1v) is 9.32. The number of carbonyl (C=O) groups is 1. The lowest BCUT2D eigenvalue weighted by molar-refractivity contribution is 0.104. The van der Waals surface area contributed by atoms with Crippen LogP contribution in [0.15, 0.2) is 17.1 Å². The molecule has 2 aliphatic rings. The van der Waals surface area contributed by atoms with Gasteiger partial charge in [-0.05, 0) is 32.3 Å². The Kier molecular flexibility index (Phi) is 4.70. The number of carbonyl (C=O) groups excluding carboxylic acids is 1. The summed E-state index contributed by atoms with van der Waals surface area (Å²) in [6.45, 7) is 2.46. The molecule has 0 bridgehead atoms. The van der Waals surface area contributed by atoms with E-state index >= 15 is 4.39 Å². The number of aromatic nitrogens is 1. The Morgan fingerprint density at radius 1 is 1.32 bits per heavy atom. The quantitative estimate of drug-likeness (QED) is 0.804. The monoisotopic (exact) mass is 393 g/mol. The van der Waals surface area contributed by atoms with Crippen molar-refractivity contribution >= 4 is 22.7 Å². The molecule has 2 fully saturated rings. The van der Waals surface area contributed by atoms with Gasteiger partial charge in [0.1, 0.15) is 11.5 Å². The van der Waals surface area contributed by atoms with Crippen LogP contribution in [0, 0.1) is 11.6 Å². The van der Waals surface area contributed by atoms with Gasteiger partial charge in [0.25, 0.3) is 0 Å². The van der Waals surface area contributed by atoms with E-state index in [0.717, 1.165) is 18.9 Å². The van der Waals surface area contributed by atoms with E-state index < -0.39 is 23.2 Å². The highest BCUT2D eigenvalue weighted by molar-refractivity contribution is 5.86. The molecule has 0 radical (unpaired) electrons. The van der Waals surface area contributed by atoms with Gasteiger partial charge in [-0.1, -0.05) is 0 Å². The van der Waals surface area contributed by atoms with Gasteiger partial charge in [0.2, 0.25) is 5.43 Å². The van der Waals surface area contributed by atoms with Gasteiger partial charge in [-0.15, -0.1) is 0 Å². The molecular formula is C19H21F2N3O4. The number of nitrogens with zero attached hydrogens (tertiary/aromatic N) is 2. The minimum Gasteiger partial charge on any atom is -0.434 e. The first kappa shape index (κ1) is 18.7. The maximum Gasteiger partial charge on any atom is 0.514 e. The average Bonchev–Trinajstić information content (AvgIpc) is 3.40. The molecule has 1 atom stereocenters. The second-order valence-corrected chi connectivity index (χ2v) is 7.16. The first-order chi connectivity index (χ1) is 13.4. The summed E-state index contributed by atoms with van der Waals surface area (Å²) in [7, 11) is 0. The van der Waals surface area contributed by atoms with Gasteiger partial charge in [-0.25, -0.2) is 13.6 Å². The molecule has 1 saturated heterocycles. The molecule has 1 aliphatic heterocycles. The van der Waals surface area contributed by atoms with Gasteiger partial charge in [-0.3, -0.25) is 4.79 Å². The Hall–Kier alpha value is -2.68. The number of hydrogen-bond donors (Lipinski definition) is 1. The fraction of sp³-hybridized carbons (Fsp3) is 0.474. The zero-order valence-electron chi connectivity index (χ0n) is 15.4. The number of halogens is 2. The van der Waals surface area contributed by atoms with E-state index in [1.807, 2.05) is 0 Å². The predicted molar refractivity (Wildman–Crippen MR) is 98.9 cm³/mol. The van der Waals surface area contributed by atoms with Crippen molar-refractivity contribution in [2.24, 2.45) is 5.73 Å². The molecule has 0 amide bonds. The molecule has 1 aliphatic carbocycles. The number of anilines is 1. The number of pyridine rings is 1. The Bertz CT molecular complexity index is 1000. The third-order valence-corrected chi connectivity index (χ3v) is 5.09. The fourth-order valence-electron chi connectivity index (χ4n) is 3.64. The summed E-state index contributed by atoms with van der Waals surface area (Å²) in [5.41, 5.74) is 4.96. The highest BCUT2D eigenvalue weighted by Gasteiger charge is 2.32. The van der Waals surface area contributed by atoms with Crippen LogP contribution in [0.3, 0.4) is 0 Å². The molecule has 28 heavy (non-hydrogen) atoms. The number of rotatable bonds is 4. The van der Waals surface area contributed by atoms with Gasteiger partial charge in [0.05, 0.1) is 23.7 Å². The minimum absolute atomic E-state index is 0.0144. The minimum atomic E-state index is -1.04. The number of fused-ring (bicyclic) bond motifs is 1. The highest BCUT2D eigenvalue weighted by atomic mass is 19.1. The van der Waals surface area contributed by atoms with Crippen LogP contribution in [-0.4, -0.2) is 36.5 Å². The van der Waals surface area contributed by atoms with Crippen LogP contribution >= 0.6 is 0 Å². The van der Waals surface area contributed by atoms with E-state index in [1.165, 1.54) is 6.20 Å². The van der Waals surface area contributed by atoms with Gasteiger partial charge in [-0.2, -0.15) is 0 Å². The number of ether oxygens (including phenoxy) is 2. The van der Waals surface area contributed by atoms with Crippen LogP contribution in [-0.2, 0) is 4.74 Å². The van der Waals surface area contributed by atoms with Crippen molar-refractivity contribution in [1.29, 1.82) is 0 Å². The second-order valence-electron chi connectivity index (χ2n) is 7.16. The Balaban J connectivity index is 1.89. The summed E-state index contributed by atoms with van der Waals surface area (Å²) < 4.78 is 41.5. The molecule has 1 saturated carbocycles. The van der Waals surface area contributed by atoms with E-state index in [-0.39, 0.29) is 41.0 Å². The average molecular weight is 393 g/mol. The van der Waals surface area contributed by atoms with E-state index in [0.29, 0.717) is 19.5 Å². The van der Waals surface area contributed by atoms with Crippen molar-refractivity contribution in [3.05, 3.63) is 34.1 Å². The van der Waals surface area contributed by atoms with Gasteiger partial charge < -0.3 is 24.7 Å². The summed E-state index contributed by atoms with van der Waals surface area (Å²) in [6.07, 6.45) is 2.48. The molecule has 0 spiro atoms. The molecule has 150 valence electrons. The van der Waals surface area contributed by atoms with Crippen molar-refractivity contribution in [2.75, 3.05) is 24.6 Å². The molecule has 4 rings (SSSR count). The van der Waals surface area contributed by atoms with Crippen LogP contribution in [0.1, 0.15) is 32.2 Å². The third kappa shape index (κ3) is 3.19. The fourth-order valence-corrected chi connectivity index (χ4v) is 3.64. The molecule has 2 aromatic rings. The zero-order valence-corrected chi connectivity index (χ0v) is 15.4. The van der Waals surface area contributed by atoms with Crippen molar-refractivity contribution in [2.45, 2.75) is 38.3 Å². The van der Waals surface area contributed by atoms with Gasteiger partial charge in [0, 0.05) is 25.2 Å². The van der Waals surface area contributed by atoms with Crippen molar-refractivity contribution in [3.8, 4) is 5.75 Å².